The molecule has 0 N–H and O–H groups in total. The Morgan fingerprint density at radius 1 is 1.00 bits per heavy atom. The fraction of sp³-hybridized carbons (Fsp3) is 0.588. The number of hydrogen-bond donors (Lipinski definition) is 0. The SMILES string of the molecule is CC(=O)CCN1CCN(CCCc2ccccc2)CC1. The largest absolute Gasteiger partial charge is 0.301 e. The van der Waals surface area contributed by atoms with Crippen LogP contribution < -0.4 is 0 Å². The van der Waals surface area contributed by atoms with Crippen LogP contribution in [-0.4, -0.2) is 54.9 Å². The van der Waals surface area contributed by atoms with Gasteiger partial charge in [0, 0.05) is 39.1 Å². The molecule has 2 rings (SSSR count). The number of carbonyl (C=O) groups excluding carboxylic acids is 1. The zero-order valence-corrected chi connectivity index (χ0v) is 12.6. The Bertz CT molecular complexity index is 397. The highest BCUT2D eigenvalue weighted by Gasteiger charge is 2.16. The van der Waals surface area contributed by atoms with Gasteiger partial charge in [-0.05, 0) is 31.9 Å². The molecule has 1 aliphatic heterocycles. The fourth-order valence-corrected chi connectivity index (χ4v) is 2.70. The lowest BCUT2D eigenvalue weighted by Gasteiger charge is -2.34. The van der Waals surface area contributed by atoms with E-state index in [1.807, 2.05) is 0 Å². The molecule has 0 spiro atoms. The van der Waals surface area contributed by atoms with Crippen molar-refractivity contribution in [3.63, 3.8) is 0 Å². The predicted octanol–water partition coefficient (Wildman–Crippen LogP) is 2.22. The molecule has 20 heavy (non-hydrogen) atoms. The van der Waals surface area contributed by atoms with Crippen LogP contribution in [0.2, 0.25) is 0 Å². The minimum Gasteiger partial charge on any atom is -0.301 e. The van der Waals surface area contributed by atoms with Gasteiger partial charge >= 0.3 is 0 Å². The number of Topliss-reactive ketones (excluding diaryl/α,β-unsaturated/α-hetero) is 1. The van der Waals surface area contributed by atoms with Crippen molar-refractivity contribution in [1.29, 1.82) is 0 Å². The van der Waals surface area contributed by atoms with Crippen LogP contribution in [0.4, 0.5) is 0 Å². The van der Waals surface area contributed by atoms with Crippen LogP contribution in [0.1, 0.15) is 25.3 Å². The van der Waals surface area contributed by atoms with Gasteiger partial charge in [-0.3, -0.25) is 4.79 Å². The Morgan fingerprint density at radius 3 is 2.20 bits per heavy atom. The van der Waals surface area contributed by atoms with E-state index in [0.29, 0.717) is 12.2 Å². The Labute approximate surface area is 122 Å². The lowest BCUT2D eigenvalue weighted by atomic mass is 10.1. The first kappa shape index (κ1) is 15.2. The number of ketones is 1. The molecule has 0 bridgehead atoms. The summed E-state index contributed by atoms with van der Waals surface area (Å²) < 4.78 is 0. The van der Waals surface area contributed by atoms with Crippen molar-refractivity contribution < 1.29 is 4.79 Å². The van der Waals surface area contributed by atoms with Gasteiger partial charge in [-0.1, -0.05) is 30.3 Å². The molecule has 110 valence electrons. The van der Waals surface area contributed by atoms with Crippen molar-refractivity contribution in [2.45, 2.75) is 26.2 Å². The molecular formula is C17H26N2O. The minimum atomic E-state index is 0.301. The molecule has 1 saturated heterocycles. The molecule has 0 atom stereocenters. The predicted molar refractivity (Wildman–Crippen MR) is 82.9 cm³/mol. The number of nitrogens with zero attached hydrogens (tertiary/aromatic N) is 2. The number of piperazine rings is 1. The fourth-order valence-electron chi connectivity index (χ4n) is 2.70. The second-order valence-corrected chi connectivity index (χ2v) is 5.72. The van der Waals surface area contributed by atoms with Crippen LogP contribution in [-0.2, 0) is 11.2 Å². The second-order valence-electron chi connectivity index (χ2n) is 5.72. The van der Waals surface area contributed by atoms with Crippen molar-refractivity contribution >= 4 is 5.78 Å². The van der Waals surface area contributed by atoms with Gasteiger partial charge in [0.05, 0.1) is 0 Å². The maximum atomic E-state index is 11.0. The van der Waals surface area contributed by atoms with Crippen LogP contribution in [0.15, 0.2) is 30.3 Å². The van der Waals surface area contributed by atoms with E-state index in [1.165, 1.54) is 24.9 Å². The first-order valence-electron chi connectivity index (χ1n) is 7.72. The standard InChI is InChI=1S/C17H26N2O/c1-16(20)9-11-19-14-12-18(13-15-19)10-5-8-17-6-3-2-4-7-17/h2-4,6-7H,5,8-15H2,1H3. The molecule has 3 heteroatoms. The summed E-state index contributed by atoms with van der Waals surface area (Å²) in [4.78, 5) is 16.0. The lowest BCUT2D eigenvalue weighted by molar-refractivity contribution is -0.117. The van der Waals surface area contributed by atoms with Crippen molar-refractivity contribution in [1.82, 2.24) is 9.80 Å². The van der Waals surface area contributed by atoms with Gasteiger partial charge in [0.2, 0.25) is 0 Å². The molecule has 1 aromatic rings. The summed E-state index contributed by atoms with van der Waals surface area (Å²) in [5.74, 6) is 0.301. The number of carbonyl (C=O) groups is 1. The summed E-state index contributed by atoms with van der Waals surface area (Å²) in [5.41, 5.74) is 1.44. The summed E-state index contributed by atoms with van der Waals surface area (Å²) >= 11 is 0. The van der Waals surface area contributed by atoms with Crippen LogP contribution in [0.3, 0.4) is 0 Å². The van der Waals surface area contributed by atoms with Gasteiger partial charge in [-0.2, -0.15) is 0 Å². The summed E-state index contributed by atoms with van der Waals surface area (Å²) in [6.07, 6.45) is 3.11. The monoisotopic (exact) mass is 274 g/mol. The highest BCUT2D eigenvalue weighted by atomic mass is 16.1. The lowest BCUT2D eigenvalue weighted by Crippen LogP contribution is -2.47. The average Bonchev–Trinajstić information content (AvgIpc) is 2.47. The summed E-state index contributed by atoms with van der Waals surface area (Å²) in [5, 5.41) is 0. The molecule has 0 aliphatic carbocycles. The van der Waals surface area contributed by atoms with Gasteiger partial charge < -0.3 is 9.80 Å². The molecule has 1 aliphatic rings. The summed E-state index contributed by atoms with van der Waals surface area (Å²) in [7, 11) is 0. The number of hydrogen-bond acceptors (Lipinski definition) is 3. The highest BCUT2D eigenvalue weighted by molar-refractivity contribution is 5.75. The molecule has 0 amide bonds. The third kappa shape index (κ3) is 5.43. The molecule has 3 nitrogen and oxygen atoms in total. The van der Waals surface area contributed by atoms with Crippen LogP contribution in [0.5, 0.6) is 0 Å². The van der Waals surface area contributed by atoms with E-state index in [4.69, 9.17) is 0 Å². The topological polar surface area (TPSA) is 23.6 Å². The van der Waals surface area contributed by atoms with Gasteiger partial charge in [0.25, 0.3) is 0 Å². The average molecular weight is 274 g/mol. The second kappa shape index (κ2) is 8.18. The number of aryl methyl sites for hydroxylation is 1. The van der Waals surface area contributed by atoms with Gasteiger partial charge in [0.1, 0.15) is 5.78 Å². The summed E-state index contributed by atoms with van der Waals surface area (Å²) in [6.45, 7) is 8.32. The zero-order chi connectivity index (χ0) is 14.2. The maximum absolute atomic E-state index is 11.0. The Balaban J connectivity index is 1.59. The van der Waals surface area contributed by atoms with Gasteiger partial charge in [-0.15, -0.1) is 0 Å². The van der Waals surface area contributed by atoms with Crippen molar-refractivity contribution in [3.8, 4) is 0 Å². The first-order valence-corrected chi connectivity index (χ1v) is 7.72. The molecular weight excluding hydrogens is 248 g/mol. The van der Waals surface area contributed by atoms with E-state index in [2.05, 4.69) is 40.1 Å². The minimum absolute atomic E-state index is 0.301. The molecule has 1 aromatic carbocycles. The molecule has 0 unspecified atom stereocenters. The van der Waals surface area contributed by atoms with Crippen molar-refractivity contribution in [2.75, 3.05) is 39.3 Å². The maximum Gasteiger partial charge on any atom is 0.131 e. The van der Waals surface area contributed by atoms with E-state index < -0.39 is 0 Å². The molecule has 1 fully saturated rings. The highest BCUT2D eigenvalue weighted by Crippen LogP contribution is 2.07. The van der Waals surface area contributed by atoms with E-state index >= 15 is 0 Å². The Kier molecular flexibility index (Phi) is 6.22. The smallest absolute Gasteiger partial charge is 0.131 e. The van der Waals surface area contributed by atoms with Crippen molar-refractivity contribution in [3.05, 3.63) is 35.9 Å². The Hall–Kier alpha value is -1.19. The normalized spacial score (nSPS) is 17.2. The Morgan fingerprint density at radius 2 is 1.60 bits per heavy atom. The van der Waals surface area contributed by atoms with E-state index in [0.717, 1.165) is 32.7 Å². The van der Waals surface area contributed by atoms with E-state index in [-0.39, 0.29) is 0 Å². The number of rotatable bonds is 7. The third-order valence-electron chi connectivity index (χ3n) is 4.03. The third-order valence-corrected chi connectivity index (χ3v) is 4.03. The van der Waals surface area contributed by atoms with Crippen molar-refractivity contribution in [2.24, 2.45) is 0 Å². The van der Waals surface area contributed by atoms with Gasteiger partial charge in [0.15, 0.2) is 0 Å². The molecule has 1 heterocycles. The summed E-state index contributed by atoms with van der Waals surface area (Å²) in [6, 6.07) is 10.7. The van der Waals surface area contributed by atoms with E-state index in [9.17, 15) is 4.79 Å². The van der Waals surface area contributed by atoms with Crippen LogP contribution >= 0.6 is 0 Å². The molecule has 0 aromatic heterocycles. The zero-order valence-electron chi connectivity index (χ0n) is 12.6. The van der Waals surface area contributed by atoms with Crippen LogP contribution in [0.25, 0.3) is 0 Å². The quantitative estimate of drug-likeness (QED) is 0.761. The molecule has 0 saturated carbocycles. The van der Waals surface area contributed by atoms with Crippen LogP contribution in [0, 0.1) is 0 Å². The number of benzene rings is 1. The first-order chi connectivity index (χ1) is 9.74. The van der Waals surface area contributed by atoms with E-state index in [1.54, 1.807) is 6.92 Å². The van der Waals surface area contributed by atoms with Gasteiger partial charge in [-0.25, -0.2) is 0 Å². The molecule has 0 radical (unpaired) electrons.